The lowest BCUT2D eigenvalue weighted by Crippen LogP contribution is -2.42. The van der Waals surface area contributed by atoms with Gasteiger partial charge in [-0.25, -0.2) is 4.79 Å². The fraction of sp³-hybridized carbons (Fsp3) is 0.357. The summed E-state index contributed by atoms with van der Waals surface area (Å²) in [6.45, 7) is 6.88. The van der Waals surface area contributed by atoms with E-state index in [1.165, 1.54) is 22.3 Å². The van der Waals surface area contributed by atoms with Crippen LogP contribution in [0, 0.1) is 0 Å². The Labute approximate surface area is 196 Å². The maximum absolute atomic E-state index is 12.4. The number of amides is 1. The highest BCUT2D eigenvalue weighted by Gasteiger charge is 2.32. The molecule has 1 amide bonds. The number of benzene rings is 2. The highest BCUT2D eigenvalue weighted by atomic mass is 16.6. The monoisotopic (exact) mass is 444 g/mol. The summed E-state index contributed by atoms with van der Waals surface area (Å²) in [7, 11) is 0. The number of carbonyl (C=O) groups is 1. The van der Waals surface area contributed by atoms with Crippen molar-refractivity contribution in [3.63, 3.8) is 0 Å². The van der Waals surface area contributed by atoms with Crippen LogP contribution in [-0.2, 0) is 11.2 Å². The number of carbonyl (C=O) groups excluding carboxylic acids is 1. The minimum absolute atomic E-state index is 0.0541. The average Bonchev–Trinajstić information content (AvgIpc) is 3.28. The van der Waals surface area contributed by atoms with Gasteiger partial charge in [-0.15, -0.1) is 0 Å². The molecule has 1 atom stereocenters. The summed E-state index contributed by atoms with van der Waals surface area (Å²) >= 11 is 0. The van der Waals surface area contributed by atoms with Crippen molar-refractivity contribution in [1.29, 1.82) is 0 Å². The van der Waals surface area contributed by atoms with Gasteiger partial charge in [-0.2, -0.15) is 0 Å². The Balaban J connectivity index is 1.30. The van der Waals surface area contributed by atoms with Gasteiger partial charge in [-0.1, -0.05) is 36.4 Å². The molecule has 2 aromatic carbocycles. The first-order valence-electron chi connectivity index (χ1n) is 11.6. The Morgan fingerprint density at radius 1 is 0.939 bits per heavy atom. The molecule has 0 N–H and O–H groups in total. The van der Waals surface area contributed by atoms with Gasteiger partial charge in [0.15, 0.2) is 0 Å². The van der Waals surface area contributed by atoms with Crippen LogP contribution in [0.2, 0.25) is 0 Å². The van der Waals surface area contributed by atoms with Crippen molar-refractivity contribution in [1.82, 2.24) is 9.88 Å². The van der Waals surface area contributed by atoms with Crippen molar-refractivity contribution in [2.24, 2.45) is 0 Å². The second-order valence-electron chi connectivity index (χ2n) is 9.53. The fourth-order valence-corrected chi connectivity index (χ4v) is 4.06. The number of hydrogen-bond acceptors (Lipinski definition) is 4. The van der Waals surface area contributed by atoms with E-state index in [0.29, 0.717) is 6.61 Å². The van der Waals surface area contributed by atoms with E-state index in [1.807, 2.05) is 57.4 Å². The Morgan fingerprint density at radius 2 is 1.55 bits per heavy atom. The zero-order valence-corrected chi connectivity index (χ0v) is 19.7. The molecule has 172 valence electrons. The van der Waals surface area contributed by atoms with Crippen molar-refractivity contribution >= 4 is 6.09 Å². The lowest BCUT2D eigenvalue weighted by molar-refractivity contribution is 0.0187. The van der Waals surface area contributed by atoms with E-state index in [0.717, 1.165) is 31.6 Å². The molecular formula is C28H32N2O3. The summed E-state index contributed by atoms with van der Waals surface area (Å²) < 4.78 is 11.6. The molecular weight excluding hydrogens is 412 g/mol. The number of pyridine rings is 1. The third-order valence-corrected chi connectivity index (χ3v) is 5.75. The molecule has 33 heavy (non-hydrogen) atoms. The van der Waals surface area contributed by atoms with Gasteiger partial charge in [-0.3, -0.25) is 4.98 Å². The van der Waals surface area contributed by atoms with Crippen LogP contribution < -0.4 is 4.74 Å². The summed E-state index contributed by atoms with van der Waals surface area (Å²) in [6.07, 6.45) is 6.16. The summed E-state index contributed by atoms with van der Waals surface area (Å²) in [5, 5.41) is 0. The summed E-state index contributed by atoms with van der Waals surface area (Å²) in [5.74, 6) is 0.822. The van der Waals surface area contributed by atoms with E-state index in [1.54, 1.807) is 4.90 Å². The summed E-state index contributed by atoms with van der Waals surface area (Å²) in [6, 6.07) is 21.0. The smallest absolute Gasteiger partial charge is 0.410 e. The van der Waals surface area contributed by atoms with Gasteiger partial charge < -0.3 is 14.4 Å². The molecule has 0 saturated carbocycles. The van der Waals surface area contributed by atoms with E-state index in [9.17, 15) is 4.79 Å². The van der Waals surface area contributed by atoms with E-state index >= 15 is 0 Å². The molecule has 3 aromatic rings. The molecule has 0 spiro atoms. The number of ether oxygens (including phenoxy) is 2. The molecule has 1 aliphatic heterocycles. The van der Waals surface area contributed by atoms with Crippen LogP contribution in [0.15, 0.2) is 73.1 Å². The third kappa shape index (κ3) is 6.35. The van der Waals surface area contributed by atoms with E-state index in [4.69, 9.17) is 9.47 Å². The van der Waals surface area contributed by atoms with Crippen LogP contribution in [0.1, 0.15) is 44.7 Å². The van der Waals surface area contributed by atoms with E-state index in [-0.39, 0.29) is 12.1 Å². The highest BCUT2D eigenvalue weighted by molar-refractivity contribution is 5.69. The number of hydrogen-bond donors (Lipinski definition) is 0. The van der Waals surface area contributed by atoms with E-state index < -0.39 is 5.60 Å². The molecule has 1 aliphatic rings. The van der Waals surface area contributed by atoms with Crippen molar-refractivity contribution in [3.8, 4) is 16.9 Å². The topological polar surface area (TPSA) is 51.7 Å². The molecule has 1 saturated heterocycles. The molecule has 0 unspecified atom stereocenters. The van der Waals surface area contributed by atoms with Crippen molar-refractivity contribution in [2.75, 3.05) is 13.2 Å². The Bertz CT molecular complexity index is 1040. The van der Waals surface area contributed by atoms with Gasteiger partial charge in [0.05, 0.1) is 6.04 Å². The SMILES string of the molecule is CC(C)(C)OC(=O)N1CCC[C@@H]1COc1ccc(Cc2ccc(-c3ccncc3)cc2)cc1. The second kappa shape index (κ2) is 10.1. The minimum atomic E-state index is -0.486. The van der Waals surface area contributed by atoms with Gasteiger partial charge in [0.2, 0.25) is 0 Å². The van der Waals surface area contributed by atoms with Gasteiger partial charge in [-0.05, 0) is 86.6 Å². The van der Waals surface area contributed by atoms with Crippen LogP contribution in [0.3, 0.4) is 0 Å². The normalized spacial score (nSPS) is 16.0. The molecule has 2 heterocycles. The number of rotatable bonds is 6. The predicted octanol–water partition coefficient (Wildman–Crippen LogP) is 6.12. The molecule has 4 rings (SSSR count). The minimum Gasteiger partial charge on any atom is -0.491 e. The summed E-state index contributed by atoms with van der Waals surface area (Å²) in [5.41, 5.74) is 4.37. The first kappa shape index (κ1) is 22.8. The Hall–Kier alpha value is -3.34. The van der Waals surface area contributed by atoms with Crippen molar-refractivity contribution < 1.29 is 14.3 Å². The first-order chi connectivity index (χ1) is 15.9. The quantitative estimate of drug-likeness (QED) is 0.460. The van der Waals surface area contributed by atoms with Crippen molar-refractivity contribution in [3.05, 3.63) is 84.2 Å². The van der Waals surface area contributed by atoms with Gasteiger partial charge in [0, 0.05) is 18.9 Å². The predicted molar refractivity (Wildman–Crippen MR) is 130 cm³/mol. The molecule has 0 bridgehead atoms. The Morgan fingerprint density at radius 3 is 2.18 bits per heavy atom. The van der Waals surface area contributed by atoms with Crippen LogP contribution in [0.5, 0.6) is 5.75 Å². The van der Waals surface area contributed by atoms with E-state index in [2.05, 4.69) is 41.4 Å². The number of nitrogens with zero attached hydrogens (tertiary/aromatic N) is 2. The molecule has 5 heteroatoms. The third-order valence-electron chi connectivity index (χ3n) is 5.75. The largest absolute Gasteiger partial charge is 0.491 e. The van der Waals surface area contributed by atoms with Crippen LogP contribution in [0.4, 0.5) is 4.79 Å². The molecule has 1 fully saturated rings. The van der Waals surface area contributed by atoms with Crippen LogP contribution in [-0.4, -0.2) is 40.8 Å². The first-order valence-corrected chi connectivity index (χ1v) is 11.6. The highest BCUT2D eigenvalue weighted by Crippen LogP contribution is 2.23. The molecule has 0 aliphatic carbocycles. The number of likely N-dealkylation sites (tertiary alicyclic amines) is 1. The molecule has 5 nitrogen and oxygen atoms in total. The maximum Gasteiger partial charge on any atom is 0.410 e. The average molecular weight is 445 g/mol. The Kier molecular flexibility index (Phi) is 6.97. The lowest BCUT2D eigenvalue weighted by atomic mass is 10.0. The summed E-state index contributed by atoms with van der Waals surface area (Å²) in [4.78, 5) is 18.3. The lowest BCUT2D eigenvalue weighted by Gasteiger charge is -2.28. The van der Waals surface area contributed by atoms with Gasteiger partial charge in [0.25, 0.3) is 0 Å². The zero-order valence-electron chi connectivity index (χ0n) is 19.7. The van der Waals surface area contributed by atoms with Crippen LogP contribution in [0.25, 0.3) is 11.1 Å². The molecule has 0 radical (unpaired) electrons. The maximum atomic E-state index is 12.4. The van der Waals surface area contributed by atoms with Crippen molar-refractivity contribution in [2.45, 2.75) is 51.7 Å². The number of aromatic nitrogens is 1. The zero-order chi connectivity index (χ0) is 23.3. The standard InChI is InChI=1S/C28H32N2O3/c1-28(2,3)33-27(31)30-18-4-5-25(30)20-32-26-12-8-22(9-13-26)19-21-6-10-23(11-7-21)24-14-16-29-17-15-24/h6-17,25H,4-5,18-20H2,1-3H3/t25-/m1/s1. The van der Waals surface area contributed by atoms with Gasteiger partial charge >= 0.3 is 6.09 Å². The fourth-order valence-electron chi connectivity index (χ4n) is 4.06. The second-order valence-corrected chi connectivity index (χ2v) is 9.53. The van der Waals surface area contributed by atoms with Gasteiger partial charge in [0.1, 0.15) is 18.0 Å². The molecule has 1 aromatic heterocycles. The van der Waals surface area contributed by atoms with Crippen LogP contribution >= 0.6 is 0 Å².